The highest BCUT2D eigenvalue weighted by Crippen LogP contribution is 2.41. The smallest absolute Gasteiger partial charge is 0.0873 e. The topological polar surface area (TPSA) is 12.5 Å². The number of benzene rings is 1. The Bertz CT molecular complexity index is 306. The first kappa shape index (κ1) is 8.49. The molecule has 74 valence electrons. The van der Waals surface area contributed by atoms with Crippen LogP contribution in [0.3, 0.4) is 0 Å². The Morgan fingerprint density at radius 1 is 1.14 bits per heavy atom. The summed E-state index contributed by atoms with van der Waals surface area (Å²) in [5.41, 5.74) is 1.47. The zero-order valence-corrected chi connectivity index (χ0v) is 8.36. The second kappa shape index (κ2) is 3.39. The van der Waals surface area contributed by atoms with E-state index in [0.29, 0.717) is 12.2 Å². The summed E-state index contributed by atoms with van der Waals surface area (Å²) in [6, 6.07) is 10.8. The minimum atomic E-state index is 0.601. The van der Waals surface area contributed by atoms with Gasteiger partial charge >= 0.3 is 0 Å². The Morgan fingerprint density at radius 3 is 2.86 bits per heavy atom. The molecule has 1 aliphatic carbocycles. The number of hydrogen-bond acceptors (Lipinski definition) is 1. The molecule has 1 aliphatic heterocycles. The van der Waals surface area contributed by atoms with E-state index in [1.54, 1.807) is 0 Å². The van der Waals surface area contributed by atoms with Gasteiger partial charge in [0.05, 0.1) is 12.2 Å². The summed E-state index contributed by atoms with van der Waals surface area (Å²) in [6.45, 7) is 0. The molecule has 0 bridgehead atoms. The molecule has 1 heteroatoms. The van der Waals surface area contributed by atoms with E-state index in [1.807, 2.05) is 0 Å². The second-order valence-corrected chi connectivity index (χ2v) is 4.52. The van der Waals surface area contributed by atoms with Crippen molar-refractivity contribution < 1.29 is 4.74 Å². The highest BCUT2D eigenvalue weighted by molar-refractivity contribution is 5.16. The molecule has 14 heavy (non-hydrogen) atoms. The van der Waals surface area contributed by atoms with Crippen molar-refractivity contribution in [2.75, 3.05) is 0 Å². The van der Waals surface area contributed by atoms with E-state index in [2.05, 4.69) is 30.3 Å². The Balaban J connectivity index is 1.67. The molecular weight excluding hydrogens is 172 g/mol. The van der Waals surface area contributed by atoms with Crippen LogP contribution in [0.25, 0.3) is 0 Å². The zero-order chi connectivity index (χ0) is 9.38. The van der Waals surface area contributed by atoms with E-state index in [4.69, 9.17) is 4.74 Å². The molecule has 1 saturated heterocycles. The van der Waals surface area contributed by atoms with E-state index in [1.165, 1.54) is 31.2 Å². The third kappa shape index (κ3) is 1.57. The van der Waals surface area contributed by atoms with Gasteiger partial charge in [-0.15, -0.1) is 0 Å². The molecule has 1 heterocycles. The lowest BCUT2D eigenvalue weighted by atomic mass is 9.85. The van der Waals surface area contributed by atoms with Gasteiger partial charge in [-0.3, -0.25) is 0 Å². The Labute approximate surface area is 85.1 Å². The van der Waals surface area contributed by atoms with Crippen LogP contribution in [0.2, 0.25) is 0 Å². The second-order valence-electron chi connectivity index (χ2n) is 4.52. The van der Waals surface area contributed by atoms with E-state index >= 15 is 0 Å². The van der Waals surface area contributed by atoms with Crippen LogP contribution in [0.5, 0.6) is 0 Å². The molecule has 1 saturated carbocycles. The minimum absolute atomic E-state index is 0.601. The molecule has 0 spiro atoms. The SMILES string of the molecule is c1ccc(CC2CCCC3OC23)cc1. The molecule has 1 nitrogen and oxygen atoms in total. The van der Waals surface area contributed by atoms with Gasteiger partial charge in [0.1, 0.15) is 0 Å². The predicted molar refractivity (Wildman–Crippen MR) is 56.1 cm³/mol. The molecule has 2 fully saturated rings. The fourth-order valence-corrected chi connectivity index (χ4v) is 2.68. The van der Waals surface area contributed by atoms with E-state index in [-0.39, 0.29) is 0 Å². The summed E-state index contributed by atoms with van der Waals surface area (Å²) in [5.74, 6) is 0.788. The number of hydrogen-bond donors (Lipinski definition) is 0. The van der Waals surface area contributed by atoms with Crippen LogP contribution < -0.4 is 0 Å². The maximum atomic E-state index is 5.66. The quantitative estimate of drug-likeness (QED) is 0.650. The largest absolute Gasteiger partial charge is 0.369 e. The third-order valence-corrected chi connectivity index (χ3v) is 3.49. The lowest BCUT2D eigenvalue weighted by molar-refractivity contribution is 0.320. The average molecular weight is 188 g/mol. The number of ether oxygens (including phenoxy) is 1. The van der Waals surface area contributed by atoms with Crippen molar-refractivity contribution >= 4 is 0 Å². The van der Waals surface area contributed by atoms with Gasteiger partial charge in [0.2, 0.25) is 0 Å². The fraction of sp³-hybridized carbons (Fsp3) is 0.538. The highest BCUT2D eigenvalue weighted by Gasteiger charge is 2.46. The molecule has 1 aromatic carbocycles. The molecule has 0 radical (unpaired) electrons. The Kier molecular flexibility index (Phi) is 2.06. The lowest BCUT2D eigenvalue weighted by Gasteiger charge is -2.17. The van der Waals surface area contributed by atoms with Crippen molar-refractivity contribution in [3.8, 4) is 0 Å². The number of fused-ring (bicyclic) bond motifs is 1. The van der Waals surface area contributed by atoms with Crippen LogP contribution >= 0.6 is 0 Å². The lowest BCUT2D eigenvalue weighted by Crippen LogP contribution is -2.18. The average Bonchev–Trinajstić information content (AvgIpc) is 2.99. The molecule has 1 aromatic rings. The number of epoxide rings is 1. The molecule has 0 N–H and O–H groups in total. The molecule has 3 rings (SSSR count). The molecule has 3 atom stereocenters. The predicted octanol–water partition coefficient (Wildman–Crippen LogP) is 2.80. The standard InChI is InChI=1S/C13H16O/c1-2-5-10(6-3-1)9-11-7-4-8-12-13(11)14-12/h1-3,5-6,11-13H,4,7-9H2. The van der Waals surface area contributed by atoms with Crippen molar-refractivity contribution in [3.05, 3.63) is 35.9 Å². The van der Waals surface area contributed by atoms with Crippen molar-refractivity contribution in [2.45, 2.75) is 37.9 Å². The first-order chi connectivity index (χ1) is 6.93. The Morgan fingerprint density at radius 2 is 2.00 bits per heavy atom. The van der Waals surface area contributed by atoms with E-state index in [0.717, 1.165) is 5.92 Å². The third-order valence-electron chi connectivity index (χ3n) is 3.49. The van der Waals surface area contributed by atoms with Gasteiger partial charge in [0.15, 0.2) is 0 Å². The van der Waals surface area contributed by atoms with Crippen LogP contribution in [0.1, 0.15) is 24.8 Å². The van der Waals surface area contributed by atoms with Crippen molar-refractivity contribution in [3.63, 3.8) is 0 Å². The normalized spacial score (nSPS) is 35.0. The molecule has 0 amide bonds. The molecule has 0 aromatic heterocycles. The molecule has 2 aliphatic rings. The first-order valence-electron chi connectivity index (χ1n) is 5.63. The van der Waals surface area contributed by atoms with Gasteiger partial charge in [-0.1, -0.05) is 36.8 Å². The van der Waals surface area contributed by atoms with Gasteiger partial charge in [-0.2, -0.15) is 0 Å². The van der Waals surface area contributed by atoms with Gasteiger partial charge in [-0.05, 0) is 30.7 Å². The zero-order valence-electron chi connectivity index (χ0n) is 8.36. The monoisotopic (exact) mass is 188 g/mol. The van der Waals surface area contributed by atoms with Crippen LogP contribution in [-0.4, -0.2) is 12.2 Å². The fourth-order valence-electron chi connectivity index (χ4n) is 2.68. The van der Waals surface area contributed by atoms with Crippen LogP contribution in [-0.2, 0) is 11.2 Å². The van der Waals surface area contributed by atoms with Crippen molar-refractivity contribution in [2.24, 2.45) is 5.92 Å². The summed E-state index contributed by atoms with van der Waals surface area (Å²) >= 11 is 0. The van der Waals surface area contributed by atoms with Gasteiger partial charge in [-0.25, -0.2) is 0 Å². The maximum Gasteiger partial charge on any atom is 0.0873 e. The molecular formula is C13H16O. The summed E-state index contributed by atoms with van der Waals surface area (Å²) in [5, 5.41) is 0. The van der Waals surface area contributed by atoms with E-state index < -0.39 is 0 Å². The van der Waals surface area contributed by atoms with Crippen molar-refractivity contribution in [1.29, 1.82) is 0 Å². The summed E-state index contributed by atoms with van der Waals surface area (Å²) in [6.07, 6.45) is 6.45. The maximum absolute atomic E-state index is 5.66. The van der Waals surface area contributed by atoms with Crippen LogP contribution in [0.15, 0.2) is 30.3 Å². The summed E-state index contributed by atoms with van der Waals surface area (Å²) in [4.78, 5) is 0. The summed E-state index contributed by atoms with van der Waals surface area (Å²) < 4.78 is 5.66. The van der Waals surface area contributed by atoms with Crippen molar-refractivity contribution in [1.82, 2.24) is 0 Å². The van der Waals surface area contributed by atoms with Crippen LogP contribution in [0, 0.1) is 5.92 Å². The van der Waals surface area contributed by atoms with Gasteiger partial charge in [0, 0.05) is 0 Å². The number of rotatable bonds is 2. The van der Waals surface area contributed by atoms with E-state index in [9.17, 15) is 0 Å². The van der Waals surface area contributed by atoms with Gasteiger partial charge < -0.3 is 4.74 Å². The Hall–Kier alpha value is -0.820. The summed E-state index contributed by atoms with van der Waals surface area (Å²) in [7, 11) is 0. The first-order valence-corrected chi connectivity index (χ1v) is 5.63. The van der Waals surface area contributed by atoms with Crippen LogP contribution in [0.4, 0.5) is 0 Å². The minimum Gasteiger partial charge on any atom is -0.369 e. The van der Waals surface area contributed by atoms with Gasteiger partial charge in [0.25, 0.3) is 0 Å². The molecule has 3 unspecified atom stereocenters. The highest BCUT2D eigenvalue weighted by atomic mass is 16.6.